The van der Waals surface area contributed by atoms with E-state index in [1.807, 2.05) is 54.8 Å². The third-order valence-corrected chi connectivity index (χ3v) is 5.32. The fourth-order valence-corrected chi connectivity index (χ4v) is 3.60. The third kappa shape index (κ3) is 3.84. The summed E-state index contributed by atoms with van der Waals surface area (Å²) in [5.74, 6) is 1.63. The highest BCUT2D eigenvalue weighted by molar-refractivity contribution is 7.98. The number of para-hydroxylation sites is 2. The van der Waals surface area contributed by atoms with E-state index in [1.54, 1.807) is 30.4 Å². The number of nitrogens with zero attached hydrogens (tertiary/aromatic N) is 3. The first-order valence-electron chi connectivity index (χ1n) is 9.08. The van der Waals surface area contributed by atoms with Gasteiger partial charge in [-0.3, -0.25) is 14.7 Å². The predicted molar refractivity (Wildman–Crippen MR) is 117 cm³/mol. The summed E-state index contributed by atoms with van der Waals surface area (Å²) in [7, 11) is 1.62. The smallest absolute Gasteiger partial charge is 0.257 e. The SMILES string of the molecule is COc1ccccc1NC1=NC(c2ccc(SC)cc2)n2c(nc(C)cc2=O)N1. The standard InChI is InChI=1S/C21H21N5O2S/c1-13-12-18(27)26-19(14-8-10-15(29-3)11-9-14)24-20(25-21(26)22-13)23-16-6-4-5-7-17(16)28-2/h4-12,19H,1-3H3,(H2,22,23,24,25). The molecule has 7 nitrogen and oxygen atoms in total. The van der Waals surface area contributed by atoms with Crippen LogP contribution in [0.3, 0.4) is 0 Å². The zero-order valence-corrected chi connectivity index (χ0v) is 17.2. The molecule has 0 saturated heterocycles. The van der Waals surface area contributed by atoms with E-state index < -0.39 is 6.17 Å². The van der Waals surface area contributed by atoms with Crippen LogP contribution in [-0.4, -0.2) is 28.9 Å². The highest BCUT2D eigenvalue weighted by Gasteiger charge is 2.25. The average Bonchev–Trinajstić information content (AvgIpc) is 2.73. The van der Waals surface area contributed by atoms with Gasteiger partial charge in [0.15, 0.2) is 6.17 Å². The van der Waals surface area contributed by atoms with Crippen LogP contribution in [0.15, 0.2) is 69.3 Å². The summed E-state index contributed by atoms with van der Waals surface area (Å²) < 4.78 is 6.98. The fraction of sp³-hybridized carbons (Fsp3) is 0.190. The summed E-state index contributed by atoms with van der Waals surface area (Å²) in [4.78, 5) is 23.2. The number of anilines is 2. The van der Waals surface area contributed by atoms with Crippen molar-refractivity contribution in [3.63, 3.8) is 0 Å². The van der Waals surface area contributed by atoms with Gasteiger partial charge < -0.3 is 10.1 Å². The molecule has 148 valence electrons. The highest BCUT2D eigenvalue weighted by Crippen LogP contribution is 2.29. The van der Waals surface area contributed by atoms with Gasteiger partial charge in [-0.25, -0.2) is 9.98 Å². The number of aromatic nitrogens is 2. The highest BCUT2D eigenvalue weighted by atomic mass is 32.2. The number of thioether (sulfide) groups is 1. The zero-order chi connectivity index (χ0) is 20.4. The van der Waals surface area contributed by atoms with Gasteiger partial charge in [0.25, 0.3) is 5.56 Å². The lowest BCUT2D eigenvalue weighted by molar-refractivity contribution is 0.417. The van der Waals surface area contributed by atoms with E-state index in [2.05, 4.69) is 15.6 Å². The van der Waals surface area contributed by atoms with E-state index >= 15 is 0 Å². The number of rotatable bonds is 4. The summed E-state index contributed by atoms with van der Waals surface area (Å²) in [5.41, 5.74) is 2.15. The van der Waals surface area contributed by atoms with Crippen molar-refractivity contribution >= 4 is 29.4 Å². The van der Waals surface area contributed by atoms with E-state index in [1.165, 1.54) is 6.07 Å². The second kappa shape index (κ2) is 8.00. The van der Waals surface area contributed by atoms with E-state index in [0.29, 0.717) is 23.4 Å². The summed E-state index contributed by atoms with van der Waals surface area (Å²) >= 11 is 1.67. The molecule has 0 spiro atoms. The molecule has 1 aliphatic rings. The lowest BCUT2D eigenvalue weighted by atomic mass is 10.1. The van der Waals surface area contributed by atoms with Crippen molar-refractivity contribution in [3.8, 4) is 5.75 Å². The number of methoxy groups -OCH3 is 1. The Bertz CT molecular complexity index is 1120. The van der Waals surface area contributed by atoms with Crippen LogP contribution in [0.25, 0.3) is 0 Å². The molecule has 1 aromatic heterocycles. The number of hydrogen-bond donors (Lipinski definition) is 2. The molecule has 0 fully saturated rings. The van der Waals surface area contributed by atoms with E-state index in [-0.39, 0.29) is 5.56 Å². The van der Waals surface area contributed by atoms with E-state index in [0.717, 1.165) is 16.1 Å². The molecule has 0 bridgehead atoms. The monoisotopic (exact) mass is 407 g/mol. The van der Waals surface area contributed by atoms with Crippen molar-refractivity contribution in [1.29, 1.82) is 0 Å². The molecule has 1 aliphatic heterocycles. The second-order valence-electron chi connectivity index (χ2n) is 6.50. The number of nitrogens with one attached hydrogen (secondary N) is 2. The normalized spacial score (nSPS) is 15.1. The molecule has 0 saturated carbocycles. The molecule has 1 atom stereocenters. The van der Waals surface area contributed by atoms with Crippen LogP contribution in [0.5, 0.6) is 5.75 Å². The maximum atomic E-state index is 12.7. The van der Waals surface area contributed by atoms with Crippen LogP contribution in [0.1, 0.15) is 17.4 Å². The minimum absolute atomic E-state index is 0.154. The molecule has 0 aliphatic carbocycles. The Morgan fingerprint density at radius 3 is 2.66 bits per heavy atom. The van der Waals surface area contributed by atoms with E-state index in [9.17, 15) is 4.79 Å². The Labute approximate surface area is 172 Å². The molecular formula is C21H21N5O2S. The molecule has 2 aromatic carbocycles. The quantitative estimate of drug-likeness (QED) is 0.642. The van der Waals surface area contributed by atoms with Crippen molar-refractivity contribution < 1.29 is 4.74 Å². The molecule has 3 aromatic rings. The zero-order valence-electron chi connectivity index (χ0n) is 16.3. The number of fused-ring (bicyclic) bond motifs is 1. The van der Waals surface area contributed by atoms with Crippen LogP contribution in [-0.2, 0) is 0 Å². The second-order valence-corrected chi connectivity index (χ2v) is 7.38. The first-order valence-corrected chi connectivity index (χ1v) is 10.3. The van der Waals surface area contributed by atoms with Gasteiger partial charge in [0.2, 0.25) is 11.9 Å². The van der Waals surface area contributed by atoms with Gasteiger partial charge in [0, 0.05) is 16.7 Å². The summed E-state index contributed by atoms with van der Waals surface area (Å²) in [6, 6.07) is 17.1. The number of benzene rings is 2. The maximum Gasteiger partial charge on any atom is 0.257 e. The van der Waals surface area contributed by atoms with Crippen LogP contribution in [0.2, 0.25) is 0 Å². The van der Waals surface area contributed by atoms with Crippen molar-refractivity contribution in [2.75, 3.05) is 24.0 Å². The number of aryl methyl sites for hydroxylation is 1. The molecule has 2 N–H and O–H groups in total. The van der Waals surface area contributed by atoms with Gasteiger partial charge in [0.1, 0.15) is 5.75 Å². The molecule has 2 heterocycles. The van der Waals surface area contributed by atoms with Crippen LogP contribution >= 0.6 is 11.8 Å². The van der Waals surface area contributed by atoms with Gasteiger partial charge in [-0.15, -0.1) is 11.8 Å². The Balaban J connectivity index is 1.79. The summed E-state index contributed by atoms with van der Waals surface area (Å²) in [6.45, 7) is 1.80. The number of hydrogen-bond acceptors (Lipinski definition) is 7. The fourth-order valence-electron chi connectivity index (χ4n) is 3.19. The predicted octanol–water partition coefficient (Wildman–Crippen LogP) is 3.72. The maximum absolute atomic E-state index is 12.7. The summed E-state index contributed by atoms with van der Waals surface area (Å²) in [5, 5.41) is 6.39. The molecule has 29 heavy (non-hydrogen) atoms. The van der Waals surface area contributed by atoms with E-state index in [4.69, 9.17) is 9.73 Å². The molecule has 0 amide bonds. The minimum Gasteiger partial charge on any atom is -0.495 e. The average molecular weight is 407 g/mol. The number of guanidine groups is 1. The van der Waals surface area contributed by atoms with Gasteiger partial charge >= 0.3 is 0 Å². The van der Waals surface area contributed by atoms with Crippen molar-refractivity contribution in [3.05, 3.63) is 76.2 Å². The lowest BCUT2D eigenvalue weighted by Crippen LogP contribution is -2.37. The van der Waals surface area contributed by atoms with Crippen molar-refractivity contribution in [1.82, 2.24) is 9.55 Å². The number of ether oxygens (including phenoxy) is 1. The van der Waals surface area contributed by atoms with Gasteiger partial charge in [-0.1, -0.05) is 24.3 Å². The molecule has 0 radical (unpaired) electrons. The van der Waals surface area contributed by atoms with Gasteiger partial charge in [-0.2, -0.15) is 0 Å². The largest absolute Gasteiger partial charge is 0.495 e. The Morgan fingerprint density at radius 1 is 1.17 bits per heavy atom. The van der Waals surface area contributed by atoms with Crippen LogP contribution in [0.4, 0.5) is 11.6 Å². The van der Waals surface area contributed by atoms with Crippen LogP contribution < -0.4 is 20.9 Å². The topological polar surface area (TPSA) is 80.5 Å². The van der Waals surface area contributed by atoms with Crippen molar-refractivity contribution in [2.45, 2.75) is 18.0 Å². The lowest BCUT2D eigenvalue weighted by Gasteiger charge is -2.27. The number of aliphatic imine (C=N–C) groups is 1. The molecule has 8 heteroatoms. The third-order valence-electron chi connectivity index (χ3n) is 4.58. The Hall–Kier alpha value is -3.26. The molecule has 1 unspecified atom stereocenters. The first-order chi connectivity index (χ1) is 14.1. The summed E-state index contributed by atoms with van der Waals surface area (Å²) in [6.07, 6.45) is 1.50. The first kappa shape index (κ1) is 19.1. The van der Waals surface area contributed by atoms with Gasteiger partial charge in [-0.05, 0) is 43.0 Å². The minimum atomic E-state index is -0.528. The van der Waals surface area contributed by atoms with Gasteiger partial charge in [0.05, 0.1) is 12.8 Å². The molecular weight excluding hydrogens is 386 g/mol. The van der Waals surface area contributed by atoms with Crippen LogP contribution in [0, 0.1) is 6.92 Å². The molecule has 4 rings (SSSR count). The van der Waals surface area contributed by atoms with Crippen molar-refractivity contribution in [2.24, 2.45) is 4.99 Å². The Kier molecular flexibility index (Phi) is 5.26. The Morgan fingerprint density at radius 2 is 1.93 bits per heavy atom.